The highest BCUT2D eigenvalue weighted by Gasteiger charge is 2.31. The molecular formula is C26H28FN5O3. The number of piperidine rings is 1. The second-order valence-corrected chi connectivity index (χ2v) is 9.05. The van der Waals surface area contributed by atoms with E-state index in [1.165, 1.54) is 12.3 Å². The molecule has 35 heavy (non-hydrogen) atoms. The highest BCUT2D eigenvalue weighted by Crippen LogP contribution is 2.33. The average molecular weight is 478 g/mol. The van der Waals surface area contributed by atoms with Crippen molar-refractivity contribution in [1.29, 1.82) is 0 Å². The van der Waals surface area contributed by atoms with E-state index in [0.29, 0.717) is 47.4 Å². The van der Waals surface area contributed by atoms with Gasteiger partial charge < -0.3 is 30.6 Å². The predicted octanol–water partition coefficient (Wildman–Crippen LogP) is 3.28. The van der Waals surface area contributed by atoms with Gasteiger partial charge in [0.25, 0.3) is 0 Å². The molecular weight excluding hydrogens is 449 g/mol. The van der Waals surface area contributed by atoms with E-state index in [0.717, 1.165) is 17.1 Å². The standard InChI is InChI=1S/C26H28FN5O3/c1-15-11-32(12-21(28)26(15)34)23-6-7-29-10-22(23)30-9-17-3-5-24-25(31-17)19(14-35-24)18-4-2-16(13-33)8-20(18)27/h2-8,10,14-15,21,26,30,33-34H,9,11-13,28H2,1H3. The Bertz CT molecular complexity index is 1330. The molecule has 5 rings (SSSR count). The molecule has 0 bridgehead atoms. The van der Waals surface area contributed by atoms with Crippen LogP contribution in [0.5, 0.6) is 0 Å². The summed E-state index contributed by atoms with van der Waals surface area (Å²) >= 11 is 0. The molecule has 1 aromatic carbocycles. The quantitative estimate of drug-likeness (QED) is 0.334. The van der Waals surface area contributed by atoms with Crippen molar-refractivity contribution in [3.63, 3.8) is 0 Å². The van der Waals surface area contributed by atoms with Gasteiger partial charge in [-0.15, -0.1) is 0 Å². The summed E-state index contributed by atoms with van der Waals surface area (Å²) in [5.41, 5.74) is 11.3. The molecule has 3 atom stereocenters. The minimum Gasteiger partial charge on any atom is -0.462 e. The SMILES string of the molecule is CC1CN(c2ccncc2NCc2ccc3occ(-c4ccc(CO)cc4F)c3n2)CC(N)C1O. The summed E-state index contributed by atoms with van der Waals surface area (Å²) in [5.74, 6) is -0.390. The Labute approximate surface area is 202 Å². The minimum absolute atomic E-state index is 0.0511. The smallest absolute Gasteiger partial charge is 0.152 e. The number of hydrogen-bond acceptors (Lipinski definition) is 8. The molecule has 3 unspecified atom stereocenters. The molecule has 0 aliphatic carbocycles. The zero-order chi connectivity index (χ0) is 24.5. The minimum atomic E-state index is -0.519. The van der Waals surface area contributed by atoms with Crippen LogP contribution in [0.15, 0.2) is 59.5 Å². The van der Waals surface area contributed by atoms with Crippen molar-refractivity contribution in [2.24, 2.45) is 11.7 Å². The maximum absolute atomic E-state index is 14.7. The fourth-order valence-corrected chi connectivity index (χ4v) is 4.61. The van der Waals surface area contributed by atoms with E-state index in [1.54, 1.807) is 24.5 Å². The van der Waals surface area contributed by atoms with Gasteiger partial charge in [0.15, 0.2) is 5.58 Å². The number of halogens is 1. The Morgan fingerprint density at radius 2 is 2.06 bits per heavy atom. The average Bonchev–Trinajstić information content (AvgIpc) is 3.28. The van der Waals surface area contributed by atoms with Crippen molar-refractivity contribution in [2.75, 3.05) is 23.3 Å². The number of nitrogens with zero attached hydrogens (tertiary/aromatic N) is 3. The lowest BCUT2D eigenvalue weighted by Crippen LogP contribution is -2.55. The number of furan rings is 1. The van der Waals surface area contributed by atoms with Gasteiger partial charge in [-0.1, -0.05) is 19.1 Å². The summed E-state index contributed by atoms with van der Waals surface area (Å²) in [5, 5.41) is 22.9. The first-order valence-electron chi connectivity index (χ1n) is 11.6. The topological polar surface area (TPSA) is 121 Å². The van der Waals surface area contributed by atoms with Gasteiger partial charge in [-0.05, 0) is 29.8 Å². The zero-order valence-electron chi connectivity index (χ0n) is 19.4. The molecule has 5 N–H and O–H groups in total. The molecule has 1 aliphatic rings. The number of benzene rings is 1. The summed E-state index contributed by atoms with van der Waals surface area (Å²) in [4.78, 5) is 11.1. The first-order chi connectivity index (χ1) is 16.9. The van der Waals surface area contributed by atoms with Crippen LogP contribution in [0.4, 0.5) is 15.8 Å². The highest BCUT2D eigenvalue weighted by molar-refractivity contribution is 5.91. The third-order valence-corrected chi connectivity index (χ3v) is 6.54. The molecule has 1 saturated heterocycles. The maximum Gasteiger partial charge on any atom is 0.152 e. The Balaban J connectivity index is 1.39. The lowest BCUT2D eigenvalue weighted by atomic mass is 9.92. The number of hydrogen-bond donors (Lipinski definition) is 4. The number of nitrogens with two attached hydrogens (primary N) is 1. The molecule has 4 heterocycles. The second kappa shape index (κ2) is 9.61. The van der Waals surface area contributed by atoms with E-state index in [9.17, 15) is 14.6 Å². The third-order valence-electron chi connectivity index (χ3n) is 6.54. The maximum atomic E-state index is 14.7. The van der Waals surface area contributed by atoms with Crippen LogP contribution in [0.25, 0.3) is 22.2 Å². The molecule has 182 valence electrons. The summed E-state index contributed by atoms with van der Waals surface area (Å²) in [6.45, 7) is 3.43. The first-order valence-corrected chi connectivity index (χ1v) is 11.6. The van der Waals surface area contributed by atoms with Crippen LogP contribution >= 0.6 is 0 Å². The van der Waals surface area contributed by atoms with E-state index in [4.69, 9.17) is 15.1 Å². The van der Waals surface area contributed by atoms with Gasteiger partial charge in [-0.2, -0.15) is 0 Å². The molecule has 1 aliphatic heterocycles. The lowest BCUT2D eigenvalue weighted by Gasteiger charge is -2.40. The van der Waals surface area contributed by atoms with Crippen LogP contribution in [-0.4, -0.2) is 45.4 Å². The summed E-state index contributed by atoms with van der Waals surface area (Å²) in [6.07, 6.45) is 4.48. The second-order valence-electron chi connectivity index (χ2n) is 9.05. The van der Waals surface area contributed by atoms with Crippen molar-refractivity contribution in [1.82, 2.24) is 9.97 Å². The highest BCUT2D eigenvalue weighted by atomic mass is 19.1. The fraction of sp³-hybridized carbons (Fsp3) is 0.308. The number of aromatic nitrogens is 2. The van der Waals surface area contributed by atoms with Gasteiger partial charge in [0.05, 0.1) is 42.5 Å². The first kappa shape index (κ1) is 23.2. The molecule has 0 saturated carbocycles. The summed E-state index contributed by atoms with van der Waals surface area (Å²) < 4.78 is 20.3. The lowest BCUT2D eigenvalue weighted by molar-refractivity contribution is 0.0785. The van der Waals surface area contributed by atoms with Crippen molar-refractivity contribution >= 4 is 22.5 Å². The van der Waals surface area contributed by atoms with Crippen molar-refractivity contribution < 1.29 is 19.0 Å². The van der Waals surface area contributed by atoms with Crippen LogP contribution in [0.3, 0.4) is 0 Å². The monoisotopic (exact) mass is 477 g/mol. The number of anilines is 2. The van der Waals surface area contributed by atoms with E-state index < -0.39 is 11.9 Å². The summed E-state index contributed by atoms with van der Waals surface area (Å²) in [7, 11) is 0. The molecule has 0 amide bonds. The van der Waals surface area contributed by atoms with E-state index in [1.807, 2.05) is 25.1 Å². The van der Waals surface area contributed by atoms with Gasteiger partial charge in [-0.25, -0.2) is 9.37 Å². The normalized spacial score (nSPS) is 20.4. The molecule has 8 nitrogen and oxygen atoms in total. The molecule has 0 radical (unpaired) electrons. The number of nitrogens with one attached hydrogen (secondary N) is 1. The van der Waals surface area contributed by atoms with Crippen LogP contribution < -0.4 is 16.0 Å². The molecule has 9 heteroatoms. The molecule has 0 spiro atoms. The Kier molecular flexibility index (Phi) is 6.38. The number of aliphatic hydroxyl groups excluding tert-OH is 2. The Morgan fingerprint density at radius 3 is 2.83 bits per heavy atom. The number of pyridine rings is 2. The van der Waals surface area contributed by atoms with Crippen LogP contribution in [0, 0.1) is 11.7 Å². The number of rotatable bonds is 6. The van der Waals surface area contributed by atoms with Crippen LogP contribution in [-0.2, 0) is 13.2 Å². The fourth-order valence-electron chi connectivity index (χ4n) is 4.61. The predicted molar refractivity (Wildman–Crippen MR) is 132 cm³/mol. The molecule has 3 aromatic heterocycles. The third kappa shape index (κ3) is 4.58. The Morgan fingerprint density at radius 1 is 1.20 bits per heavy atom. The van der Waals surface area contributed by atoms with E-state index >= 15 is 0 Å². The molecule has 4 aromatic rings. The van der Waals surface area contributed by atoms with Gasteiger partial charge in [0.2, 0.25) is 0 Å². The van der Waals surface area contributed by atoms with Gasteiger partial charge >= 0.3 is 0 Å². The van der Waals surface area contributed by atoms with Gasteiger partial charge in [0.1, 0.15) is 17.6 Å². The zero-order valence-corrected chi connectivity index (χ0v) is 19.4. The summed E-state index contributed by atoms with van der Waals surface area (Å²) in [6, 6.07) is 9.91. The van der Waals surface area contributed by atoms with Crippen LogP contribution in [0.2, 0.25) is 0 Å². The molecule has 1 fully saturated rings. The Hall–Kier alpha value is -3.53. The number of aliphatic hydroxyl groups is 2. The van der Waals surface area contributed by atoms with E-state index in [-0.39, 0.29) is 18.6 Å². The van der Waals surface area contributed by atoms with E-state index in [2.05, 4.69) is 15.2 Å². The van der Waals surface area contributed by atoms with Crippen molar-refractivity contribution in [2.45, 2.75) is 32.2 Å². The van der Waals surface area contributed by atoms with Crippen LogP contribution in [0.1, 0.15) is 18.2 Å². The van der Waals surface area contributed by atoms with Crippen molar-refractivity contribution in [3.8, 4) is 11.1 Å². The van der Waals surface area contributed by atoms with Crippen molar-refractivity contribution in [3.05, 3.63) is 72.1 Å². The largest absolute Gasteiger partial charge is 0.462 e. The van der Waals surface area contributed by atoms with Gasteiger partial charge in [-0.3, -0.25) is 4.98 Å². The van der Waals surface area contributed by atoms with Gasteiger partial charge in [0, 0.05) is 42.4 Å². The number of fused-ring (bicyclic) bond motifs is 1.